The smallest absolute Gasteiger partial charge is 0.327 e. The molecule has 37 heavy (non-hydrogen) atoms. The summed E-state index contributed by atoms with van der Waals surface area (Å²) in [6.45, 7) is -0.837. The molecular weight excluding hydrogens is 504 g/mol. The van der Waals surface area contributed by atoms with Crippen molar-refractivity contribution in [1.82, 2.24) is 16.0 Å². The van der Waals surface area contributed by atoms with E-state index in [0.29, 0.717) is 11.1 Å². The Labute approximate surface area is 218 Å². The maximum atomic E-state index is 13.1. The monoisotopic (exact) mass is 534 g/mol. The molecule has 4 unspecified atom stereocenters. The number of thiol groups is 1. The number of aliphatic hydroxyl groups excluding tert-OH is 1. The van der Waals surface area contributed by atoms with E-state index in [-0.39, 0.29) is 30.1 Å². The summed E-state index contributed by atoms with van der Waals surface area (Å²) in [5.74, 6) is -3.95. The highest BCUT2D eigenvalue weighted by molar-refractivity contribution is 7.80. The van der Waals surface area contributed by atoms with Crippen LogP contribution in [-0.4, -0.2) is 80.6 Å². The molecule has 9 N–H and O–H groups in total. The van der Waals surface area contributed by atoms with Crippen LogP contribution >= 0.6 is 12.6 Å². The van der Waals surface area contributed by atoms with Crippen LogP contribution in [0.2, 0.25) is 0 Å². The fraction of sp³-hybridized carbons (Fsp3) is 0.333. The number of aliphatic hydroxyl groups is 1. The highest BCUT2D eigenvalue weighted by Crippen LogP contribution is 2.13. The largest absolute Gasteiger partial charge is 0.508 e. The van der Waals surface area contributed by atoms with E-state index in [4.69, 9.17) is 10.8 Å². The third-order valence-corrected chi connectivity index (χ3v) is 5.72. The summed E-state index contributed by atoms with van der Waals surface area (Å²) in [4.78, 5) is 49.5. The van der Waals surface area contributed by atoms with Crippen LogP contribution in [-0.2, 0) is 32.0 Å². The molecule has 0 bridgehead atoms. The predicted molar refractivity (Wildman–Crippen MR) is 136 cm³/mol. The Morgan fingerprint density at radius 3 is 1.62 bits per heavy atom. The maximum Gasteiger partial charge on any atom is 0.327 e. The van der Waals surface area contributed by atoms with E-state index in [1.807, 2.05) is 0 Å². The zero-order chi connectivity index (χ0) is 27.5. The molecule has 4 atom stereocenters. The molecule has 0 aliphatic rings. The lowest BCUT2D eigenvalue weighted by molar-refractivity contribution is -0.142. The third kappa shape index (κ3) is 9.29. The van der Waals surface area contributed by atoms with Crippen LogP contribution in [0.25, 0.3) is 0 Å². The number of carbonyl (C=O) groups excluding carboxylic acids is 3. The predicted octanol–water partition coefficient (Wildman–Crippen LogP) is -1.33. The van der Waals surface area contributed by atoms with Gasteiger partial charge in [0.2, 0.25) is 17.7 Å². The summed E-state index contributed by atoms with van der Waals surface area (Å²) in [7, 11) is 0. The van der Waals surface area contributed by atoms with Crippen molar-refractivity contribution in [1.29, 1.82) is 0 Å². The van der Waals surface area contributed by atoms with Crippen molar-refractivity contribution < 1.29 is 39.6 Å². The quantitative estimate of drug-likeness (QED) is 0.139. The lowest BCUT2D eigenvalue weighted by Gasteiger charge is -2.24. The minimum Gasteiger partial charge on any atom is -0.508 e. The van der Waals surface area contributed by atoms with E-state index in [0.717, 1.165) is 0 Å². The number of carboxylic acid groups (broad SMARTS) is 1. The second-order valence-electron chi connectivity index (χ2n) is 8.23. The van der Waals surface area contributed by atoms with Crippen LogP contribution in [0.3, 0.4) is 0 Å². The molecule has 0 radical (unpaired) electrons. The number of carbonyl (C=O) groups is 4. The molecule has 0 fully saturated rings. The highest BCUT2D eigenvalue weighted by atomic mass is 32.1. The third-order valence-electron chi connectivity index (χ3n) is 5.35. The van der Waals surface area contributed by atoms with E-state index in [2.05, 4.69) is 28.6 Å². The Morgan fingerprint density at radius 1 is 0.730 bits per heavy atom. The molecule has 0 saturated heterocycles. The van der Waals surface area contributed by atoms with Crippen molar-refractivity contribution in [2.45, 2.75) is 37.0 Å². The molecule has 0 heterocycles. The van der Waals surface area contributed by atoms with Crippen molar-refractivity contribution in [3.63, 3.8) is 0 Å². The first-order chi connectivity index (χ1) is 17.5. The zero-order valence-corrected chi connectivity index (χ0v) is 20.6. The number of amides is 3. The molecule has 0 saturated carbocycles. The van der Waals surface area contributed by atoms with Gasteiger partial charge in [0, 0.05) is 12.2 Å². The van der Waals surface area contributed by atoms with Gasteiger partial charge in [0.1, 0.15) is 29.6 Å². The number of hydrogen-bond donors (Lipinski definition) is 9. The molecule has 13 heteroatoms. The van der Waals surface area contributed by atoms with E-state index in [1.54, 1.807) is 24.3 Å². The number of rotatable bonds is 13. The Morgan fingerprint density at radius 2 is 1.16 bits per heavy atom. The molecule has 2 aromatic rings. The van der Waals surface area contributed by atoms with Gasteiger partial charge in [0.25, 0.3) is 0 Å². The van der Waals surface area contributed by atoms with Gasteiger partial charge in [-0.25, -0.2) is 4.79 Å². The Bertz CT molecular complexity index is 1080. The maximum absolute atomic E-state index is 13.1. The summed E-state index contributed by atoms with van der Waals surface area (Å²) < 4.78 is 0. The van der Waals surface area contributed by atoms with Crippen LogP contribution in [0.5, 0.6) is 11.5 Å². The van der Waals surface area contributed by atoms with Gasteiger partial charge >= 0.3 is 5.97 Å². The number of carboxylic acids is 1. The first-order valence-electron chi connectivity index (χ1n) is 11.2. The van der Waals surface area contributed by atoms with Crippen LogP contribution in [0.4, 0.5) is 0 Å². The van der Waals surface area contributed by atoms with Crippen LogP contribution in [0.15, 0.2) is 48.5 Å². The van der Waals surface area contributed by atoms with E-state index in [1.165, 1.54) is 24.3 Å². The van der Waals surface area contributed by atoms with E-state index < -0.39 is 54.5 Å². The van der Waals surface area contributed by atoms with Gasteiger partial charge in [-0.3, -0.25) is 14.4 Å². The number of nitrogens with one attached hydrogen (secondary N) is 3. The Hall–Kier alpha value is -3.81. The topological polar surface area (TPSA) is 211 Å². The lowest BCUT2D eigenvalue weighted by Crippen LogP contribution is -2.58. The SMILES string of the molecule is NC(Cc1ccc(O)cc1)C(=O)NC(Cc1ccc(O)cc1)C(=O)NC(CO)C(=O)NC(CS)C(=O)O. The molecule has 0 aliphatic carbocycles. The second kappa shape index (κ2) is 14.1. The first kappa shape index (κ1) is 29.4. The van der Waals surface area contributed by atoms with Gasteiger partial charge < -0.3 is 42.1 Å². The first-order valence-corrected chi connectivity index (χ1v) is 11.8. The summed E-state index contributed by atoms with van der Waals surface area (Å²) in [5, 5.41) is 44.7. The molecular formula is C24H30N4O8S. The molecule has 200 valence electrons. The van der Waals surface area contributed by atoms with Gasteiger partial charge in [0.05, 0.1) is 12.6 Å². The number of aliphatic carboxylic acids is 1. The molecule has 3 amide bonds. The molecule has 2 rings (SSSR count). The molecule has 0 aromatic heterocycles. The summed E-state index contributed by atoms with van der Waals surface area (Å²) in [6.07, 6.45) is 0.0690. The number of nitrogens with two attached hydrogens (primary N) is 1. The summed E-state index contributed by atoms with van der Waals surface area (Å²) in [5.41, 5.74) is 7.26. The van der Waals surface area contributed by atoms with Gasteiger partial charge in [0.15, 0.2) is 0 Å². The van der Waals surface area contributed by atoms with E-state index in [9.17, 15) is 34.5 Å². The number of phenols is 2. The molecule has 12 nitrogen and oxygen atoms in total. The van der Waals surface area contributed by atoms with Gasteiger partial charge in [-0.15, -0.1) is 0 Å². The fourth-order valence-electron chi connectivity index (χ4n) is 3.26. The van der Waals surface area contributed by atoms with Crippen LogP contribution in [0, 0.1) is 0 Å². The van der Waals surface area contributed by atoms with Crippen molar-refractivity contribution in [3.8, 4) is 11.5 Å². The van der Waals surface area contributed by atoms with Crippen molar-refractivity contribution in [2.75, 3.05) is 12.4 Å². The minimum absolute atomic E-state index is 0.00102. The number of hydrogen-bond acceptors (Lipinski definition) is 9. The van der Waals surface area contributed by atoms with Gasteiger partial charge in [-0.2, -0.15) is 12.6 Å². The summed E-state index contributed by atoms with van der Waals surface area (Å²) >= 11 is 3.85. The molecule has 2 aromatic carbocycles. The van der Waals surface area contributed by atoms with Crippen molar-refractivity contribution >= 4 is 36.3 Å². The van der Waals surface area contributed by atoms with Crippen LogP contribution < -0.4 is 21.7 Å². The molecule has 0 aliphatic heterocycles. The normalized spacial score (nSPS) is 14.0. The number of phenolic OH excluding ortho intramolecular Hbond substituents is 2. The number of benzene rings is 2. The second-order valence-corrected chi connectivity index (χ2v) is 8.60. The summed E-state index contributed by atoms with van der Waals surface area (Å²) in [6, 6.07) is 6.85. The fourth-order valence-corrected chi connectivity index (χ4v) is 3.51. The van der Waals surface area contributed by atoms with Crippen molar-refractivity contribution in [3.05, 3.63) is 59.7 Å². The molecule has 0 spiro atoms. The minimum atomic E-state index is -1.50. The Balaban J connectivity index is 2.16. The van der Waals surface area contributed by atoms with Gasteiger partial charge in [-0.1, -0.05) is 24.3 Å². The van der Waals surface area contributed by atoms with E-state index >= 15 is 0 Å². The average Bonchev–Trinajstić information content (AvgIpc) is 2.87. The lowest BCUT2D eigenvalue weighted by atomic mass is 10.0. The Kier molecular flexibility index (Phi) is 11.2. The number of aromatic hydroxyl groups is 2. The van der Waals surface area contributed by atoms with Crippen molar-refractivity contribution in [2.24, 2.45) is 5.73 Å². The van der Waals surface area contributed by atoms with Gasteiger partial charge in [-0.05, 0) is 41.8 Å². The van der Waals surface area contributed by atoms with Crippen LogP contribution in [0.1, 0.15) is 11.1 Å². The highest BCUT2D eigenvalue weighted by Gasteiger charge is 2.30. The standard InChI is InChI=1S/C24H30N4O8S/c25-17(9-13-1-5-15(30)6-2-13)21(32)26-18(10-14-3-7-16(31)8-4-14)22(33)27-19(11-29)23(34)28-20(12-37)24(35)36/h1-8,17-20,29-31,37H,9-12,25H2,(H,26,32)(H,27,33)(H,28,34)(H,35,36). The average molecular weight is 535 g/mol. The zero-order valence-electron chi connectivity index (χ0n) is 19.7.